The van der Waals surface area contributed by atoms with Gasteiger partial charge in [0.2, 0.25) is 5.95 Å². The van der Waals surface area contributed by atoms with Gasteiger partial charge in [0.05, 0.1) is 6.61 Å². The second-order valence-electron chi connectivity index (χ2n) is 4.35. The fourth-order valence-corrected chi connectivity index (χ4v) is 2.72. The van der Waals surface area contributed by atoms with Crippen LogP contribution in [0.1, 0.15) is 11.1 Å². The van der Waals surface area contributed by atoms with E-state index in [9.17, 15) is 4.39 Å². The Kier molecular flexibility index (Phi) is 3.38. The van der Waals surface area contributed by atoms with Crippen LogP contribution in [0.15, 0.2) is 34.8 Å². The van der Waals surface area contributed by atoms with Crippen molar-refractivity contribution in [2.45, 2.75) is 13.0 Å². The van der Waals surface area contributed by atoms with Gasteiger partial charge >= 0.3 is 0 Å². The number of hydrogen-bond acceptors (Lipinski definition) is 3. The van der Waals surface area contributed by atoms with E-state index in [1.54, 1.807) is 12.1 Å². The number of rotatable bonds is 3. The summed E-state index contributed by atoms with van der Waals surface area (Å²) in [6, 6.07) is 8.78. The van der Waals surface area contributed by atoms with Crippen molar-refractivity contribution >= 4 is 21.7 Å². The number of nitrogens with zero attached hydrogens (tertiary/aromatic N) is 1. The Morgan fingerprint density at radius 2 is 2.26 bits per heavy atom. The lowest BCUT2D eigenvalue weighted by Crippen LogP contribution is -2.03. The van der Waals surface area contributed by atoms with E-state index < -0.39 is 5.95 Å². The van der Waals surface area contributed by atoms with Crippen molar-refractivity contribution in [3.8, 4) is 5.75 Å². The van der Waals surface area contributed by atoms with Gasteiger partial charge in [-0.25, -0.2) is 4.98 Å². The van der Waals surface area contributed by atoms with Crippen LogP contribution >= 0.6 is 15.9 Å². The molecule has 0 spiro atoms. The van der Waals surface area contributed by atoms with Crippen LogP contribution in [0, 0.1) is 5.95 Å². The van der Waals surface area contributed by atoms with Crippen molar-refractivity contribution in [2.75, 3.05) is 11.9 Å². The number of benzene rings is 1. The van der Waals surface area contributed by atoms with Crippen molar-refractivity contribution < 1.29 is 9.13 Å². The summed E-state index contributed by atoms with van der Waals surface area (Å²) in [5.74, 6) is 0.972. The first-order valence-corrected chi connectivity index (χ1v) is 6.82. The first kappa shape index (κ1) is 12.4. The number of pyridine rings is 1. The molecule has 5 heteroatoms. The average molecular weight is 323 g/mol. The maximum absolute atomic E-state index is 13.0. The van der Waals surface area contributed by atoms with Crippen molar-refractivity contribution in [1.82, 2.24) is 4.98 Å². The second kappa shape index (κ2) is 5.17. The number of aromatic nitrogens is 1. The van der Waals surface area contributed by atoms with Crippen LogP contribution in [0.4, 0.5) is 10.2 Å². The van der Waals surface area contributed by atoms with Crippen LogP contribution < -0.4 is 10.1 Å². The number of ether oxygens (including phenoxy) is 1. The summed E-state index contributed by atoms with van der Waals surface area (Å²) < 4.78 is 19.7. The summed E-state index contributed by atoms with van der Waals surface area (Å²) in [7, 11) is 0. The Hall–Kier alpha value is -1.62. The third-order valence-corrected chi connectivity index (χ3v) is 3.46. The number of fused-ring (bicyclic) bond motifs is 1. The lowest BCUT2D eigenvalue weighted by Gasteiger charge is -2.10. The molecule has 0 bridgehead atoms. The molecule has 0 radical (unpaired) electrons. The molecule has 2 aromatic rings. The highest BCUT2D eigenvalue weighted by Crippen LogP contribution is 2.33. The van der Waals surface area contributed by atoms with Crippen molar-refractivity contribution in [3.63, 3.8) is 0 Å². The molecule has 0 amide bonds. The molecule has 3 rings (SSSR count). The molecule has 1 aliphatic rings. The Morgan fingerprint density at radius 3 is 3.11 bits per heavy atom. The van der Waals surface area contributed by atoms with Gasteiger partial charge in [0.25, 0.3) is 0 Å². The van der Waals surface area contributed by atoms with E-state index in [0.29, 0.717) is 12.4 Å². The zero-order chi connectivity index (χ0) is 13.2. The highest BCUT2D eigenvalue weighted by atomic mass is 79.9. The molecule has 0 fully saturated rings. The minimum atomic E-state index is -0.485. The highest BCUT2D eigenvalue weighted by molar-refractivity contribution is 9.10. The molecule has 1 aliphatic heterocycles. The van der Waals surface area contributed by atoms with Gasteiger partial charge in [-0.3, -0.25) is 0 Å². The Balaban J connectivity index is 1.81. The van der Waals surface area contributed by atoms with E-state index in [1.165, 1.54) is 11.6 Å². The van der Waals surface area contributed by atoms with E-state index in [4.69, 9.17) is 4.74 Å². The lowest BCUT2D eigenvalue weighted by atomic mass is 10.1. The average Bonchev–Trinajstić information content (AvgIpc) is 2.84. The van der Waals surface area contributed by atoms with Crippen LogP contribution in [-0.2, 0) is 13.0 Å². The van der Waals surface area contributed by atoms with E-state index in [-0.39, 0.29) is 0 Å². The molecule has 1 N–H and O–H groups in total. The summed E-state index contributed by atoms with van der Waals surface area (Å²) in [5, 5.41) is 3.11. The Morgan fingerprint density at radius 1 is 1.37 bits per heavy atom. The largest absolute Gasteiger partial charge is 0.493 e. The van der Waals surface area contributed by atoms with E-state index in [2.05, 4.69) is 32.3 Å². The molecule has 0 unspecified atom stereocenters. The highest BCUT2D eigenvalue weighted by Gasteiger charge is 2.17. The molecule has 0 atom stereocenters. The fraction of sp³-hybridized carbons (Fsp3) is 0.214. The number of anilines is 1. The third kappa shape index (κ3) is 2.71. The summed E-state index contributed by atoms with van der Waals surface area (Å²) >= 11 is 3.49. The van der Waals surface area contributed by atoms with Gasteiger partial charge in [-0.15, -0.1) is 0 Å². The van der Waals surface area contributed by atoms with Gasteiger partial charge in [-0.05, 0) is 29.8 Å². The monoisotopic (exact) mass is 322 g/mol. The molecule has 1 aromatic heterocycles. The second-order valence-corrected chi connectivity index (χ2v) is 5.27. The molecule has 0 aliphatic carbocycles. The van der Waals surface area contributed by atoms with Crippen molar-refractivity contribution in [2.24, 2.45) is 0 Å². The molecular formula is C14H12BrFN2O. The fourth-order valence-electron chi connectivity index (χ4n) is 2.17. The Bertz CT molecular complexity index is 618. The van der Waals surface area contributed by atoms with Crippen LogP contribution in [0.3, 0.4) is 0 Å². The quantitative estimate of drug-likeness (QED) is 0.878. The maximum atomic E-state index is 13.0. The molecular weight excluding hydrogens is 311 g/mol. The number of hydrogen-bond donors (Lipinski definition) is 1. The minimum Gasteiger partial charge on any atom is -0.493 e. The van der Waals surface area contributed by atoms with Gasteiger partial charge < -0.3 is 10.1 Å². The zero-order valence-electron chi connectivity index (χ0n) is 10.1. The first-order valence-electron chi connectivity index (χ1n) is 6.03. The third-order valence-electron chi connectivity index (χ3n) is 3.00. The minimum absolute atomic E-state index is 0.485. The lowest BCUT2D eigenvalue weighted by molar-refractivity contribution is 0.354. The van der Waals surface area contributed by atoms with E-state index >= 15 is 0 Å². The molecule has 19 heavy (non-hydrogen) atoms. The molecule has 1 aromatic carbocycles. The van der Waals surface area contributed by atoms with Crippen molar-refractivity contribution in [1.29, 1.82) is 0 Å². The molecule has 0 saturated heterocycles. The summed E-state index contributed by atoms with van der Waals surface area (Å²) in [6.07, 6.45) is 0.931. The van der Waals surface area contributed by atoms with Crippen LogP contribution in [-0.4, -0.2) is 11.6 Å². The molecule has 3 nitrogen and oxygen atoms in total. The predicted molar refractivity (Wildman–Crippen MR) is 74.9 cm³/mol. The standard InChI is InChI=1S/C14H12BrFN2O/c15-11-6-9-4-5-19-14(9)10(7-11)8-17-13-3-1-2-12(16)18-13/h1-3,6-7H,4-5,8H2,(H,17,18). The van der Waals surface area contributed by atoms with Crippen LogP contribution in [0.2, 0.25) is 0 Å². The molecule has 98 valence electrons. The number of nitrogens with one attached hydrogen (secondary N) is 1. The van der Waals surface area contributed by atoms with Gasteiger partial charge in [-0.1, -0.05) is 22.0 Å². The normalized spacial score (nSPS) is 12.9. The SMILES string of the molecule is Fc1cccc(NCc2cc(Br)cc3c2OCC3)n1. The van der Waals surface area contributed by atoms with Crippen molar-refractivity contribution in [3.05, 3.63) is 51.9 Å². The summed E-state index contributed by atoms with van der Waals surface area (Å²) in [4.78, 5) is 3.77. The predicted octanol–water partition coefficient (Wildman–Crippen LogP) is 3.53. The Labute approximate surface area is 118 Å². The zero-order valence-corrected chi connectivity index (χ0v) is 11.7. The van der Waals surface area contributed by atoms with Crippen LogP contribution in [0.25, 0.3) is 0 Å². The summed E-state index contributed by atoms with van der Waals surface area (Å²) in [5.41, 5.74) is 2.26. The molecule has 0 saturated carbocycles. The topological polar surface area (TPSA) is 34.1 Å². The first-order chi connectivity index (χ1) is 9.22. The van der Waals surface area contributed by atoms with Gasteiger partial charge in [0, 0.05) is 23.0 Å². The number of halogens is 2. The summed E-state index contributed by atoms with van der Waals surface area (Å²) in [6.45, 7) is 1.27. The maximum Gasteiger partial charge on any atom is 0.214 e. The van der Waals surface area contributed by atoms with Crippen LogP contribution in [0.5, 0.6) is 5.75 Å². The van der Waals surface area contributed by atoms with Gasteiger partial charge in [0.1, 0.15) is 11.6 Å². The smallest absolute Gasteiger partial charge is 0.214 e. The molecule has 2 heterocycles. The van der Waals surface area contributed by atoms with E-state index in [0.717, 1.165) is 28.8 Å². The van der Waals surface area contributed by atoms with Gasteiger partial charge in [0.15, 0.2) is 0 Å². The van der Waals surface area contributed by atoms with Gasteiger partial charge in [-0.2, -0.15) is 4.39 Å². The van der Waals surface area contributed by atoms with E-state index in [1.807, 2.05) is 6.07 Å².